The van der Waals surface area contributed by atoms with E-state index in [-0.39, 0.29) is 17.8 Å². The van der Waals surface area contributed by atoms with E-state index in [1.807, 2.05) is 29.6 Å². The SMILES string of the molecule is Cc1sc(NC(=O)c2cccs2)c([C@H](c2ccc(F)cc2)N2CCCCC2)c1C. The molecule has 3 aromatic rings. The summed E-state index contributed by atoms with van der Waals surface area (Å²) in [7, 11) is 0. The fraction of sp³-hybridized carbons (Fsp3) is 0.348. The minimum Gasteiger partial charge on any atom is -0.313 e. The molecule has 29 heavy (non-hydrogen) atoms. The topological polar surface area (TPSA) is 32.3 Å². The maximum absolute atomic E-state index is 13.6. The molecule has 152 valence electrons. The first kappa shape index (κ1) is 20.3. The van der Waals surface area contributed by atoms with Crippen molar-refractivity contribution in [3.8, 4) is 0 Å². The second kappa shape index (κ2) is 8.78. The van der Waals surface area contributed by atoms with Gasteiger partial charge < -0.3 is 5.32 Å². The lowest BCUT2D eigenvalue weighted by Gasteiger charge is -2.36. The quantitative estimate of drug-likeness (QED) is 0.510. The zero-order chi connectivity index (χ0) is 20.4. The smallest absolute Gasteiger partial charge is 0.266 e. The number of hydrogen-bond donors (Lipinski definition) is 1. The Morgan fingerprint density at radius 3 is 2.48 bits per heavy atom. The van der Waals surface area contributed by atoms with Gasteiger partial charge in [0.25, 0.3) is 5.91 Å². The number of benzene rings is 1. The average Bonchev–Trinajstić information content (AvgIpc) is 3.35. The van der Waals surface area contributed by atoms with E-state index in [0.29, 0.717) is 4.88 Å². The van der Waals surface area contributed by atoms with E-state index in [9.17, 15) is 9.18 Å². The average molecular weight is 429 g/mol. The van der Waals surface area contributed by atoms with Crippen LogP contribution in [0.1, 0.15) is 56.5 Å². The molecule has 1 aliphatic heterocycles. The van der Waals surface area contributed by atoms with Crippen molar-refractivity contribution < 1.29 is 9.18 Å². The first-order valence-electron chi connectivity index (χ1n) is 9.99. The molecule has 3 nitrogen and oxygen atoms in total. The molecule has 1 amide bonds. The Kier molecular flexibility index (Phi) is 6.13. The maximum Gasteiger partial charge on any atom is 0.266 e. The number of aryl methyl sites for hydroxylation is 1. The van der Waals surface area contributed by atoms with Gasteiger partial charge in [0.15, 0.2) is 0 Å². The molecule has 0 unspecified atom stereocenters. The molecular formula is C23H25FN2OS2. The third kappa shape index (κ3) is 4.29. The monoisotopic (exact) mass is 428 g/mol. The summed E-state index contributed by atoms with van der Waals surface area (Å²) in [5.41, 5.74) is 3.42. The first-order valence-corrected chi connectivity index (χ1v) is 11.7. The van der Waals surface area contributed by atoms with Crippen LogP contribution in [0.25, 0.3) is 0 Å². The van der Waals surface area contributed by atoms with Crippen molar-refractivity contribution in [3.05, 3.63) is 74.0 Å². The van der Waals surface area contributed by atoms with Gasteiger partial charge in [-0.3, -0.25) is 9.69 Å². The van der Waals surface area contributed by atoms with Crippen LogP contribution in [0.2, 0.25) is 0 Å². The van der Waals surface area contributed by atoms with Crippen LogP contribution in [0.5, 0.6) is 0 Å². The molecule has 2 aromatic heterocycles. The number of hydrogen-bond acceptors (Lipinski definition) is 4. The Morgan fingerprint density at radius 1 is 1.10 bits per heavy atom. The van der Waals surface area contributed by atoms with Gasteiger partial charge in [0.2, 0.25) is 0 Å². The van der Waals surface area contributed by atoms with Gasteiger partial charge in [-0.2, -0.15) is 0 Å². The summed E-state index contributed by atoms with van der Waals surface area (Å²) in [5, 5.41) is 5.98. The van der Waals surface area contributed by atoms with E-state index in [2.05, 4.69) is 24.1 Å². The Hall–Kier alpha value is -2.02. The van der Waals surface area contributed by atoms with Crippen molar-refractivity contribution >= 4 is 33.6 Å². The second-order valence-electron chi connectivity index (χ2n) is 7.51. The lowest BCUT2D eigenvalue weighted by Crippen LogP contribution is -2.35. The number of likely N-dealkylation sites (tertiary alicyclic amines) is 1. The molecule has 0 radical (unpaired) electrons. The summed E-state index contributed by atoms with van der Waals surface area (Å²) in [5.74, 6) is -0.297. The largest absolute Gasteiger partial charge is 0.313 e. The second-order valence-corrected chi connectivity index (χ2v) is 9.68. The molecule has 0 spiro atoms. The van der Waals surface area contributed by atoms with Gasteiger partial charge in [-0.1, -0.05) is 24.6 Å². The number of thiophene rings is 2. The molecule has 1 atom stereocenters. The minimum absolute atomic E-state index is 0.0134. The Labute approximate surface area is 179 Å². The fourth-order valence-electron chi connectivity index (χ4n) is 4.02. The zero-order valence-corrected chi connectivity index (χ0v) is 18.3. The van der Waals surface area contributed by atoms with Crippen LogP contribution < -0.4 is 5.32 Å². The molecule has 3 heterocycles. The molecule has 0 bridgehead atoms. The van der Waals surface area contributed by atoms with Gasteiger partial charge in [0.05, 0.1) is 10.9 Å². The fourth-order valence-corrected chi connectivity index (χ4v) is 5.73. The van der Waals surface area contributed by atoms with Gasteiger partial charge in [-0.15, -0.1) is 22.7 Å². The normalized spacial score (nSPS) is 16.0. The molecule has 6 heteroatoms. The third-order valence-corrected chi connectivity index (χ3v) is 7.63. The van der Waals surface area contributed by atoms with Crippen LogP contribution in [-0.4, -0.2) is 23.9 Å². The van der Waals surface area contributed by atoms with Gasteiger partial charge in [-0.25, -0.2) is 4.39 Å². The van der Waals surface area contributed by atoms with E-state index in [1.165, 1.54) is 40.3 Å². The first-order chi connectivity index (χ1) is 14.0. The van der Waals surface area contributed by atoms with Crippen molar-refractivity contribution in [3.63, 3.8) is 0 Å². The number of anilines is 1. The van der Waals surface area contributed by atoms with Crippen LogP contribution in [0.3, 0.4) is 0 Å². The summed E-state index contributed by atoms with van der Waals surface area (Å²) in [6, 6.07) is 10.6. The van der Waals surface area contributed by atoms with Gasteiger partial charge in [0.1, 0.15) is 10.8 Å². The number of carbonyl (C=O) groups is 1. The van der Waals surface area contributed by atoms with Crippen molar-refractivity contribution in [1.82, 2.24) is 4.90 Å². The van der Waals surface area contributed by atoms with Crippen molar-refractivity contribution in [1.29, 1.82) is 0 Å². The van der Waals surface area contributed by atoms with Crippen molar-refractivity contribution in [2.75, 3.05) is 18.4 Å². The van der Waals surface area contributed by atoms with Gasteiger partial charge in [-0.05, 0) is 74.5 Å². The molecule has 1 aliphatic rings. The van der Waals surface area contributed by atoms with Crippen LogP contribution in [0.15, 0.2) is 41.8 Å². The van der Waals surface area contributed by atoms with Crippen LogP contribution in [0.4, 0.5) is 9.39 Å². The maximum atomic E-state index is 13.6. The minimum atomic E-state index is -0.226. The number of rotatable bonds is 5. The molecular weight excluding hydrogens is 403 g/mol. The van der Waals surface area contributed by atoms with Gasteiger partial charge >= 0.3 is 0 Å². The summed E-state index contributed by atoms with van der Waals surface area (Å²) in [6.45, 7) is 6.24. The molecule has 1 saturated heterocycles. The summed E-state index contributed by atoms with van der Waals surface area (Å²) in [6.07, 6.45) is 3.57. The lowest BCUT2D eigenvalue weighted by molar-refractivity contribution is 0.103. The Balaban J connectivity index is 1.77. The highest BCUT2D eigenvalue weighted by molar-refractivity contribution is 7.17. The highest BCUT2D eigenvalue weighted by Gasteiger charge is 2.30. The number of amides is 1. The van der Waals surface area contributed by atoms with Crippen molar-refractivity contribution in [2.24, 2.45) is 0 Å². The highest BCUT2D eigenvalue weighted by Crippen LogP contribution is 2.43. The lowest BCUT2D eigenvalue weighted by atomic mass is 9.93. The summed E-state index contributed by atoms with van der Waals surface area (Å²) < 4.78 is 13.6. The number of nitrogens with one attached hydrogen (secondary N) is 1. The van der Waals surface area contributed by atoms with Gasteiger partial charge in [0, 0.05) is 10.4 Å². The summed E-state index contributed by atoms with van der Waals surface area (Å²) >= 11 is 3.07. The highest BCUT2D eigenvalue weighted by atomic mass is 32.1. The van der Waals surface area contributed by atoms with E-state index in [4.69, 9.17) is 0 Å². The molecule has 1 fully saturated rings. The van der Waals surface area contributed by atoms with E-state index in [1.54, 1.807) is 11.3 Å². The van der Waals surface area contributed by atoms with E-state index >= 15 is 0 Å². The number of halogens is 1. The number of nitrogens with zero attached hydrogens (tertiary/aromatic N) is 1. The number of carbonyl (C=O) groups excluding carboxylic acids is 1. The number of piperidine rings is 1. The molecule has 1 aromatic carbocycles. The van der Waals surface area contributed by atoms with Crippen molar-refractivity contribution in [2.45, 2.75) is 39.2 Å². The van der Waals surface area contributed by atoms with Crippen LogP contribution >= 0.6 is 22.7 Å². The van der Waals surface area contributed by atoms with Crippen LogP contribution in [0, 0.1) is 19.7 Å². The predicted octanol–water partition coefficient (Wildman–Crippen LogP) is 6.39. The van der Waals surface area contributed by atoms with E-state index < -0.39 is 0 Å². The Bertz CT molecular complexity index is 973. The molecule has 0 aliphatic carbocycles. The molecule has 1 N–H and O–H groups in total. The summed E-state index contributed by atoms with van der Waals surface area (Å²) in [4.78, 5) is 17.2. The third-order valence-electron chi connectivity index (χ3n) is 5.62. The molecule has 0 saturated carbocycles. The Morgan fingerprint density at radius 2 is 1.83 bits per heavy atom. The zero-order valence-electron chi connectivity index (χ0n) is 16.7. The predicted molar refractivity (Wildman–Crippen MR) is 120 cm³/mol. The standard InChI is InChI=1S/C23H25FN2OS2/c1-15-16(2)29-23(25-22(27)19-7-6-14-28-19)20(15)21(26-12-4-3-5-13-26)17-8-10-18(24)11-9-17/h6-11,14,21H,3-5,12-13H2,1-2H3,(H,25,27)/t21-/m0/s1. The molecule has 4 rings (SSSR count). The van der Waals surface area contributed by atoms with Crippen LogP contribution in [-0.2, 0) is 0 Å². The van der Waals surface area contributed by atoms with E-state index in [0.717, 1.165) is 42.1 Å².